The normalized spacial score (nSPS) is 15.0. The number of hydrogen-bond acceptors (Lipinski definition) is 2. The molecule has 21 heavy (non-hydrogen) atoms. The zero-order valence-electron chi connectivity index (χ0n) is 13.1. The van der Waals surface area contributed by atoms with Gasteiger partial charge >= 0.3 is 0 Å². The van der Waals surface area contributed by atoms with Gasteiger partial charge in [-0.25, -0.2) is 0 Å². The standard InChI is InChI=1S/C19H23NO/c1-19(2,3)21-18-8-9-20-17(13-18)12-14-10-15-6-4-5-7-16(15)11-14/h4-9,13-14H,10-12H2,1-3H3. The van der Waals surface area contributed by atoms with Gasteiger partial charge in [0.2, 0.25) is 0 Å². The van der Waals surface area contributed by atoms with Crippen molar-refractivity contribution in [2.75, 3.05) is 0 Å². The van der Waals surface area contributed by atoms with Crippen molar-refractivity contribution in [2.24, 2.45) is 5.92 Å². The van der Waals surface area contributed by atoms with Crippen LogP contribution in [-0.4, -0.2) is 10.6 Å². The molecule has 0 unspecified atom stereocenters. The molecule has 1 aliphatic rings. The molecule has 0 spiro atoms. The van der Waals surface area contributed by atoms with Crippen molar-refractivity contribution in [3.05, 3.63) is 59.4 Å². The van der Waals surface area contributed by atoms with Crippen molar-refractivity contribution in [1.82, 2.24) is 4.98 Å². The first kappa shape index (κ1) is 14.1. The fraction of sp³-hybridized carbons (Fsp3) is 0.421. The smallest absolute Gasteiger partial charge is 0.123 e. The number of benzene rings is 1. The highest BCUT2D eigenvalue weighted by Gasteiger charge is 2.22. The van der Waals surface area contributed by atoms with Gasteiger partial charge in [0.25, 0.3) is 0 Å². The van der Waals surface area contributed by atoms with E-state index in [2.05, 4.69) is 56.1 Å². The second-order valence-electron chi connectivity index (χ2n) is 6.94. The van der Waals surface area contributed by atoms with Crippen LogP contribution < -0.4 is 4.74 Å². The molecule has 1 heterocycles. The Balaban J connectivity index is 1.68. The number of nitrogens with zero attached hydrogens (tertiary/aromatic N) is 1. The Hall–Kier alpha value is -1.83. The van der Waals surface area contributed by atoms with Crippen LogP contribution in [0.25, 0.3) is 0 Å². The van der Waals surface area contributed by atoms with Gasteiger partial charge in [-0.1, -0.05) is 24.3 Å². The summed E-state index contributed by atoms with van der Waals surface area (Å²) in [6.07, 6.45) is 5.22. The minimum Gasteiger partial charge on any atom is -0.488 e. The van der Waals surface area contributed by atoms with Crippen LogP contribution >= 0.6 is 0 Å². The molecule has 0 saturated carbocycles. The lowest BCUT2D eigenvalue weighted by Gasteiger charge is -2.21. The van der Waals surface area contributed by atoms with Crippen molar-refractivity contribution in [3.63, 3.8) is 0 Å². The Morgan fingerprint density at radius 1 is 1.10 bits per heavy atom. The molecule has 0 atom stereocenters. The van der Waals surface area contributed by atoms with Crippen molar-refractivity contribution in [1.29, 1.82) is 0 Å². The number of fused-ring (bicyclic) bond motifs is 1. The third kappa shape index (κ3) is 3.63. The fourth-order valence-electron chi connectivity index (χ4n) is 3.07. The molecule has 2 heteroatoms. The Morgan fingerprint density at radius 3 is 2.38 bits per heavy atom. The lowest BCUT2D eigenvalue weighted by atomic mass is 9.99. The molecular weight excluding hydrogens is 258 g/mol. The van der Waals surface area contributed by atoms with E-state index < -0.39 is 0 Å². The zero-order chi connectivity index (χ0) is 14.9. The molecule has 0 fully saturated rings. The number of hydrogen-bond donors (Lipinski definition) is 0. The first-order valence-corrected chi connectivity index (χ1v) is 7.70. The second kappa shape index (κ2) is 5.51. The Bertz CT molecular complexity index is 602. The minimum absolute atomic E-state index is 0.164. The largest absolute Gasteiger partial charge is 0.488 e. The highest BCUT2D eigenvalue weighted by atomic mass is 16.5. The highest BCUT2D eigenvalue weighted by molar-refractivity contribution is 5.33. The predicted octanol–water partition coefficient (Wildman–Crippen LogP) is 4.22. The van der Waals surface area contributed by atoms with Crippen LogP contribution in [0.3, 0.4) is 0 Å². The van der Waals surface area contributed by atoms with E-state index in [0.29, 0.717) is 5.92 Å². The summed E-state index contributed by atoms with van der Waals surface area (Å²) in [6.45, 7) is 6.21. The molecule has 110 valence electrons. The van der Waals surface area contributed by atoms with E-state index >= 15 is 0 Å². The third-order valence-electron chi connectivity index (χ3n) is 3.85. The third-order valence-corrected chi connectivity index (χ3v) is 3.85. The molecule has 0 N–H and O–H groups in total. The average molecular weight is 281 g/mol. The molecule has 3 rings (SSSR count). The number of rotatable bonds is 3. The summed E-state index contributed by atoms with van der Waals surface area (Å²) in [5.41, 5.74) is 3.98. The maximum atomic E-state index is 5.93. The molecule has 1 aromatic heterocycles. The van der Waals surface area contributed by atoms with E-state index in [1.54, 1.807) is 0 Å². The van der Waals surface area contributed by atoms with Gasteiger partial charge in [0.05, 0.1) is 0 Å². The van der Waals surface area contributed by atoms with Crippen molar-refractivity contribution >= 4 is 0 Å². The van der Waals surface area contributed by atoms with E-state index in [1.165, 1.54) is 24.0 Å². The highest BCUT2D eigenvalue weighted by Crippen LogP contribution is 2.29. The number of ether oxygens (including phenoxy) is 1. The van der Waals surface area contributed by atoms with E-state index in [4.69, 9.17) is 4.74 Å². The predicted molar refractivity (Wildman–Crippen MR) is 85.7 cm³/mol. The monoisotopic (exact) mass is 281 g/mol. The summed E-state index contributed by atoms with van der Waals surface area (Å²) in [7, 11) is 0. The zero-order valence-corrected chi connectivity index (χ0v) is 13.1. The average Bonchev–Trinajstić information content (AvgIpc) is 2.79. The maximum Gasteiger partial charge on any atom is 0.123 e. The van der Waals surface area contributed by atoms with Crippen molar-refractivity contribution in [2.45, 2.75) is 45.6 Å². The lowest BCUT2D eigenvalue weighted by Crippen LogP contribution is -2.23. The van der Waals surface area contributed by atoms with Crippen molar-refractivity contribution < 1.29 is 4.74 Å². The topological polar surface area (TPSA) is 22.1 Å². The number of pyridine rings is 1. The fourth-order valence-corrected chi connectivity index (χ4v) is 3.07. The maximum absolute atomic E-state index is 5.93. The molecule has 0 bridgehead atoms. The van der Waals surface area contributed by atoms with Gasteiger partial charge in [-0.3, -0.25) is 4.98 Å². The first-order chi connectivity index (χ1) is 9.99. The summed E-state index contributed by atoms with van der Waals surface area (Å²) in [5.74, 6) is 1.59. The van der Waals surface area contributed by atoms with Crippen LogP contribution in [-0.2, 0) is 19.3 Å². The number of aromatic nitrogens is 1. The van der Waals surface area contributed by atoms with Gasteiger partial charge in [-0.15, -0.1) is 0 Å². The molecule has 0 amide bonds. The van der Waals surface area contributed by atoms with Crippen LogP contribution in [0.5, 0.6) is 5.75 Å². The van der Waals surface area contributed by atoms with Crippen LogP contribution in [0.4, 0.5) is 0 Å². The molecule has 1 aromatic carbocycles. The van der Waals surface area contributed by atoms with Gasteiger partial charge in [-0.2, -0.15) is 0 Å². The summed E-state index contributed by atoms with van der Waals surface area (Å²) in [4.78, 5) is 4.52. The summed E-state index contributed by atoms with van der Waals surface area (Å²) in [5, 5.41) is 0. The molecule has 2 nitrogen and oxygen atoms in total. The molecule has 0 aliphatic heterocycles. The lowest BCUT2D eigenvalue weighted by molar-refractivity contribution is 0.130. The Morgan fingerprint density at radius 2 is 1.76 bits per heavy atom. The van der Waals surface area contributed by atoms with Crippen LogP contribution in [0.15, 0.2) is 42.6 Å². The van der Waals surface area contributed by atoms with Gasteiger partial charge in [-0.05, 0) is 63.1 Å². The van der Waals surface area contributed by atoms with Crippen LogP contribution in [0, 0.1) is 5.92 Å². The first-order valence-electron chi connectivity index (χ1n) is 7.70. The molecule has 2 aromatic rings. The Labute approximate surface area is 127 Å². The second-order valence-corrected chi connectivity index (χ2v) is 6.94. The van der Waals surface area contributed by atoms with Crippen LogP contribution in [0.2, 0.25) is 0 Å². The van der Waals surface area contributed by atoms with E-state index in [-0.39, 0.29) is 5.60 Å². The van der Waals surface area contributed by atoms with Gasteiger partial charge in [0.15, 0.2) is 0 Å². The molecule has 1 aliphatic carbocycles. The van der Waals surface area contributed by atoms with E-state index in [1.807, 2.05) is 12.3 Å². The van der Waals surface area contributed by atoms with Gasteiger partial charge < -0.3 is 4.74 Å². The van der Waals surface area contributed by atoms with E-state index in [9.17, 15) is 0 Å². The molecular formula is C19H23NO. The summed E-state index contributed by atoms with van der Waals surface area (Å²) >= 11 is 0. The Kier molecular flexibility index (Phi) is 3.71. The summed E-state index contributed by atoms with van der Waals surface area (Å²) < 4.78 is 5.93. The van der Waals surface area contributed by atoms with Crippen LogP contribution in [0.1, 0.15) is 37.6 Å². The quantitative estimate of drug-likeness (QED) is 0.840. The molecule has 0 radical (unpaired) electrons. The SMILES string of the molecule is CC(C)(C)Oc1ccnc(CC2Cc3ccccc3C2)c1. The summed E-state index contributed by atoms with van der Waals surface area (Å²) in [6, 6.07) is 12.8. The van der Waals surface area contributed by atoms with Gasteiger partial charge in [0, 0.05) is 18.0 Å². The van der Waals surface area contributed by atoms with E-state index in [0.717, 1.165) is 17.9 Å². The van der Waals surface area contributed by atoms with Crippen molar-refractivity contribution in [3.8, 4) is 5.75 Å². The minimum atomic E-state index is -0.164. The molecule has 0 saturated heterocycles. The van der Waals surface area contributed by atoms with Gasteiger partial charge in [0.1, 0.15) is 11.4 Å².